The zero-order valence-corrected chi connectivity index (χ0v) is 16.8. The fourth-order valence-corrected chi connectivity index (χ4v) is 4.32. The van der Waals surface area contributed by atoms with Gasteiger partial charge in [0.25, 0.3) is 0 Å². The number of hydrogen-bond acceptors (Lipinski definition) is 6. The molecule has 1 amide bonds. The van der Waals surface area contributed by atoms with E-state index in [1.54, 1.807) is 24.5 Å². The van der Waals surface area contributed by atoms with Gasteiger partial charge in [-0.05, 0) is 55.7 Å². The second kappa shape index (κ2) is 7.74. The Morgan fingerprint density at radius 2 is 1.57 bits per heavy atom. The van der Waals surface area contributed by atoms with Gasteiger partial charge in [0.1, 0.15) is 5.82 Å². The van der Waals surface area contributed by atoms with Crippen LogP contribution in [-0.4, -0.2) is 47.0 Å². The molecule has 3 aromatic rings. The molecule has 0 atom stereocenters. The number of anilines is 2. The third kappa shape index (κ3) is 3.47. The molecule has 0 bridgehead atoms. The molecule has 1 aromatic carbocycles. The van der Waals surface area contributed by atoms with Gasteiger partial charge < -0.3 is 15.5 Å². The van der Waals surface area contributed by atoms with Crippen molar-refractivity contribution in [2.75, 3.05) is 36.0 Å². The first kappa shape index (κ1) is 18.5. The van der Waals surface area contributed by atoms with E-state index in [4.69, 9.17) is 15.7 Å². The molecule has 1 aliphatic carbocycles. The minimum absolute atomic E-state index is 0.394. The van der Waals surface area contributed by atoms with Crippen molar-refractivity contribution in [1.29, 1.82) is 0 Å². The minimum Gasteiger partial charge on any atom is -0.368 e. The summed E-state index contributed by atoms with van der Waals surface area (Å²) < 4.78 is 0. The predicted octanol–water partition coefficient (Wildman–Crippen LogP) is 2.45. The molecule has 0 radical (unpaired) electrons. The van der Waals surface area contributed by atoms with Gasteiger partial charge in [-0.3, -0.25) is 9.78 Å². The highest BCUT2D eigenvalue weighted by Crippen LogP contribution is 2.32. The largest absolute Gasteiger partial charge is 0.368 e. The first-order valence-corrected chi connectivity index (χ1v) is 10.4. The summed E-state index contributed by atoms with van der Waals surface area (Å²) in [6, 6.07) is 11.5. The second-order valence-electron chi connectivity index (χ2n) is 7.77. The summed E-state index contributed by atoms with van der Waals surface area (Å²) in [6.07, 6.45) is 6.79. The van der Waals surface area contributed by atoms with E-state index in [1.807, 2.05) is 24.3 Å². The molecule has 1 aliphatic heterocycles. The zero-order chi connectivity index (χ0) is 20.5. The monoisotopic (exact) mass is 400 g/mol. The molecule has 1 fully saturated rings. The van der Waals surface area contributed by atoms with Crippen molar-refractivity contribution in [1.82, 2.24) is 15.0 Å². The number of piperazine rings is 1. The fourth-order valence-electron chi connectivity index (χ4n) is 4.32. The van der Waals surface area contributed by atoms with Crippen LogP contribution in [0.2, 0.25) is 0 Å². The van der Waals surface area contributed by atoms with E-state index in [9.17, 15) is 4.79 Å². The van der Waals surface area contributed by atoms with Crippen LogP contribution in [0.3, 0.4) is 0 Å². The molecule has 0 spiro atoms. The summed E-state index contributed by atoms with van der Waals surface area (Å²) in [7, 11) is 0. The van der Waals surface area contributed by atoms with Crippen LogP contribution >= 0.6 is 0 Å². The second-order valence-corrected chi connectivity index (χ2v) is 7.77. The number of pyridine rings is 1. The molecular weight excluding hydrogens is 376 g/mol. The Hall–Kier alpha value is -3.48. The van der Waals surface area contributed by atoms with Crippen molar-refractivity contribution in [3.05, 3.63) is 65.6 Å². The number of rotatable bonds is 4. The van der Waals surface area contributed by atoms with Crippen LogP contribution in [0.15, 0.2) is 48.8 Å². The lowest BCUT2D eigenvalue weighted by Crippen LogP contribution is -2.47. The third-order valence-electron chi connectivity index (χ3n) is 5.95. The van der Waals surface area contributed by atoms with Crippen LogP contribution in [0.1, 0.15) is 28.0 Å². The number of carbonyl (C=O) groups is 1. The van der Waals surface area contributed by atoms with Crippen molar-refractivity contribution in [2.45, 2.75) is 19.3 Å². The van der Waals surface area contributed by atoms with E-state index in [2.05, 4.69) is 14.8 Å². The maximum Gasteiger partial charge on any atom is 0.248 e. The average Bonchev–Trinajstić information content (AvgIpc) is 3.28. The van der Waals surface area contributed by atoms with Gasteiger partial charge in [-0.25, -0.2) is 9.97 Å². The number of hydrogen-bond donors (Lipinski definition) is 1. The van der Waals surface area contributed by atoms with E-state index in [1.165, 1.54) is 11.3 Å². The first-order valence-electron chi connectivity index (χ1n) is 10.4. The number of primary amides is 1. The minimum atomic E-state index is -0.394. The number of aryl methyl sites for hydroxylation is 1. The highest BCUT2D eigenvalue weighted by atomic mass is 16.1. The van der Waals surface area contributed by atoms with Crippen molar-refractivity contribution in [3.63, 3.8) is 0 Å². The SMILES string of the molecule is NC(=O)c1ccc(N2CCN(c3nc(-c4ccncc4)nc4c3CCC4)CC2)cc1. The van der Waals surface area contributed by atoms with Gasteiger partial charge >= 0.3 is 0 Å². The first-order chi connectivity index (χ1) is 14.7. The molecule has 3 heterocycles. The van der Waals surface area contributed by atoms with E-state index < -0.39 is 5.91 Å². The number of nitrogens with zero attached hydrogens (tertiary/aromatic N) is 5. The quantitative estimate of drug-likeness (QED) is 0.724. The lowest BCUT2D eigenvalue weighted by molar-refractivity contribution is 0.100. The van der Waals surface area contributed by atoms with Crippen LogP contribution in [0.25, 0.3) is 11.4 Å². The third-order valence-corrected chi connectivity index (χ3v) is 5.95. The molecule has 1 saturated heterocycles. The molecule has 5 rings (SSSR count). The van der Waals surface area contributed by atoms with Crippen LogP contribution in [-0.2, 0) is 12.8 Å². The smallest absolute Gasteiger partial charge is 0.248 e. The number of fused-ring (bicyclic) bond motifs is 1. The number of benzene rings is 1. The number of aromatic nitrogens is 3. The summed E-state index contributed by atoms with van der Waals surface area (Å²) in [5, 5.41) is 0. The van der Waals surface area contributed by atoms with Gasteiger partial charge in [0.2, 0.25) is 5.91 Å². The maximum absolute atomic E-state index is 11.3. The maximum atomic E-state index is 11.3. The van der Waals surface area contributed by atoms with Gasteiger partial charge in [-0.15, -0.1) is 0 Å². The predicted molar refractivity (Wildman–Crippen MR) is 117 cm³/mol. The topological polar surface area (TPSA) is 88.2 Å². The molecule has 2 aromatic heterocycles. The molecule has 0 unspecified atom stereocenters. The van der Waals surface area contributed by atoms with Gasteiger partial charge in [0.05, 0.1) is 0 Å². The van der Waals surface area contributed by atoms with Crippen LogP contribution in [0.4, 0.5) is 11.5 Å². The Bertz CT molecular complexity index is 1060. The summed E-state index contributed by atoms with van der Waals surface area (Å²) in [6.45, 7) is 3.60. The van der Waals surface area contributed by atoms with Crippen LogP contribution in [0.5, 0.6) is 0 Å². The highest BCUT2D eigenvalue weighted by molar-refractivity contribution is 5.93. The van der Waals surface area contributed by atoms with E-state index in [0.717, 1.165) is 68.3 Å². The number of carbonyl (C=O) groups excluding carboxylic acids is 1. The van der Waals surface area contributed by atoms with Crippen molar-refractivity contribution >= 4 is 17.4 Å². The fraction of sp³-hybridized carbons (Fsp3) is 0.304. The molecule has 30 heavy (non-hydrogen) atoms. The van der Waals surface area contributed by atoms with Gasteiger partial charge in [0, 0.05) is 66.6 Å². The Balaban J connectivity index is 1.37. The Morgan fingerprint density at radius 1 is 0.867 bits per heavy atom. The standard InChI is InChI=1S/C23H24N6O/c24-21(30)16-4-6-18(7-5-16)28-12-14-29(15-13-28)23-19-2-1-3-20(19)26-22(27-23)17-8-10-25-11-9-17/h4-11H,1-3,12-15H2,(H2,24,30). The summed E-state index contributed by atoms with van der Waals surface area (Å²) >= 11 is 0. The zero-order valence-electron chi connectivity index (χ0n) is 16.8. The lowest BCUT2D eigenvalue weighted by atomic mass is 10.1. The summed E-state index contributed by atoms with van der Waals surface area (Å²) in [5.74, 6) is 1.49. The Morgan fingerprint density at radius 3 is 2.27 bits per heavy atom. The molecule has 2 N–H and O–H groups in total. The summed E-state index contributed by atoms with van der Waals surface area (Å²) in [4.78, 5) is 30.0. The Kier molecular flexibility index (Phi) is 4.78. The van der Waals surface area contributed by atoms with Crippen LogP contribution < -0.4 is 15.5 Å². The van der Waals surface area contributed by atoms with E-state index in [-0.39, 0.29) is 0 Å². The number of amides is 1. The van der Waals surface area contributed by atoms with Crippen molar-refractivity contribution in [3.8, 4) is 11.4 Å². The van der Waals surface area contributed by atoms with Gasteiger partial charge in [-0.2, -0.15) is 0 Å². The number of nitrogens with two attached hydrogens (primary N) is 1. The van der Waals surface area contributed by atoms with Gasteiger partial charge in [0.15, 0.2) is 5.82 Å². The van der Waals surface area contributed by atoms with Crippen molar-refractivity contribution in [2.24, 2.45) is 5.73 Å². The van der Waals surface area contributed by atoms with Crippen LogP contribution in [0, 0.1) is 0 Å². The van der Waals surface area contributed by atoms with Gasteiger partial charge in [-0.1, -0.05) is 0 Å². The van der Waals surface area contributed by atoms with Crippen molar-refractivity contribution < 1.29 is 4.79 Å². The average molecular weight is 400 g/mol. The lowest BCUT2D eigenvalue weighted by Gasteiger charge is -2.37. The molecule has 152 valence electrons. The molecule has 7 nitrogen and oxygen atoms in total. The molecule has 2 aliphatic rings. The molecule has 7 heteroatoms. The summed E-state index contributed by atoms with van der Waals surface area (Å²) in [5.41, 5.74) is 10.5. The highest BCUT2D eigenvalue weighted by Gasteiger charge is 2.26. The molecular formula is C23H24N6O. The normalized spacial score (nSPS) is 15.9. The Labute approximate surface area is 175 Å². The molecule has 0 saturated carbocycles. The van der Waals surface area contributed by atoms with E-state index >= 15 is 0 Å². The van der Waals surface area contributed by atoms with E-state index in [0.29, 0.717) is 5.56 Å².